The fourth-order valence-electron chi connectivity index (χ4n) is 1.76. The van der Waals surface area contributed by atoms with Crippen LogP contribution in [0.4, 0.5) is 10.6 Å². The number of rotatable bonds is 2. The second kappa shape index (κ2) is 5.17. The molecule has 98 valence electrons. The van der Waals surface area contributed by atoms with Crippen molar-refractivity contribution in [1.82, 2.24) is 19.0 Å². The molecule has 0 atom stereocenters. The molecule has 0 radical (unpaired) electrons. The van der Waals surface area contributed by atoms with Crippen molar-refractivity contribution in [2.45, 2.75) is 0 Å². The molecule has 0 aromatic carbocycles. The lowest BCUT2D eigenvalue weighted by molar-refractivity contribution is 0.0959. The number of aromatic nitrogens is 2. The molecule has 2 heterocycles. The second-order valence-electron chi connectivity index (χ2n) is 3.77. The van der Waals surface area contributed by atoms with Crippen LogP contribution in [0.15, 0.2) is 0 Å². The number of nitrogens with one attached hydrogen (secondary N) is 1. The van der Waals surface area contributed by atoms with E-state index in [1.54, 1.807) is 0 Å². The van der Waals surface area contributed by atoms with E-state index in [2.05, 4.69) is 14.1 Å². The smallest absolute Gasteiger partial charge is 0.407 e. The minimum Gasteiger partial charge on any atom is -0.465 e. The van der Waals surface area contributed by atoms with Crippen molar-refractivity contribution in [2.24, 2.45) is 0 Å². The van der Waals surface area contributed by atoms with Gasteiger partial charge in [0.2, 0.25) is 0 Å². The van der Waals surface area contributed by atoms with Crippen molar-refractivity contribution < 1.29 is 14.7 Å². The van der Waals surface area contributed by atoms with Gasteiger partial charge in [0.25, 0.3) is 5.91 Å². The highest BCUT2D eigenvalue weighted by molar-refractivity contribution is 6.99. The van der Waals surface area contributed by atoms with Crippen molar-refractivity contribution in [2.75, 3.05) is 38.1 Å². The first-order valence-corrected chi connectivity index (χ1v) is 6.14. The Bertz CT molecular complexity index is 455. The molecule has 1 aromatic rings. The molecule has 1 aliphatic rings. The summed E-state index contributed by atoms with van der Waals surface area (Å²) < 4.78 is 8.07. The Morgan fingerprint density at radius 1 is 1.28 bits per heavy atom. The summed E-state index contributed by atoms with van der Waals surface area (Å²) in [5.41, 5.74) is 0.297. The van der Waals surface area contributed by atoms with Gasteiger partial charge in [-0.15, -0.1) is 0 Å². The Labute approximate surface area is 108 Å². The molecule has 1 saturated heterocycles. The fourth-order valence-corrected chi connectivity index (χ4v) is 2.33. The van der Waals surface area contributed by atoms with E-state index in [-0.39, 0.29) is 5.91 Å². The van der Waals surface area contributed by atoms with Crippen molar-refractivity contribution in [3.05, 3.63) is 5.69 Å². The Kier molecular flexibility index (Phi) is 3.60. The average Bonchev–Trinajstić information content (AvgIpc) is 2.87. The number of carboxylic acid groups (broad SMARTS) is 1. The van der Waals surface area contributed by atoms with Crippen LogP contribution in [-0.4, -0.2) is 64.0 Å². The van der Waals surface area contributed by atoms with Crippen LogP contribution in [0.25, 0.3) is 0 Å². The second-order valence-corrected chi connectivity index (χ2v) is 4.30. The van der Waals surface area contributed by atoms with Crippen LogP contribution in [0, 0.1) is 0 Å². The highest BCUT2D eigenvalue weighted by Crippen LogP contribution is 2.19. The predicted molar refractivity (Wildman–Crippen MR) is 65.1 cm³/mol. The van der Waals surface area contributed by atoms with Crippen LogP contribution in [0.5, 0.6) is 0 Å². The van der Waals surface area contributed by atoms with E-state index in [0.717, 1.165) is 11.7 Å². The van der Waals surface area contributed by atoms with Gasteiger partial charge in [-0.3, -0.25) is 4.79 Å². The van der Waals surface area contributed by atoms with E-state index in [1.165, 1.54) is 11.9 Å². The fraction of sp³-hybridized carbons (Fsp3) is 0.556. The topological polar surface area (TPSA) is 98.7 Å². The SMILES string of the molecule is CNC(=O)c1nsnc1N1CCN(C(=O)O)CC1. The Morgan fingerprint density at radius 3 is 2.50 bits per heavy atom. The molecule has 1 aliphatic heterocycles. The first-order chi connectivity index (χ1) is 8.63. The molecular formula is C9H13N5O3S. The zero-order valence-corrected chi connectivity index (χ0v) is 10.6. The van der Waals surface area contributed by atoms with Crippen LogP contribution in [-0.2, 0) is 0 Å². The highest BCUT2D eigenvalue weighted by Gasteiger charge is 2.26. The van der Waals surface area contributed by atoms with Gasteiger partial charge < -0.3 is 20.2 Å². The van der Waals surface area contributed by atoms with Gasteiger partial charge in [-0.25, -0.2) is 4.79 Å². The molecule has 2 rings (SSSR count). The third-order valence-corrected chi connectivity index (χ3v) is 3.28. The summed E-state index contributed by atoms with van der Waals surface area (Å²) >= 11 is 0.978. The quantitative estimate of drug-likeness (QED) is 0.766. The zero-order valence-electron chi connectivity index (χ0n) is 9.79. The first kappa shape index (κ1) is 12.6. The van der Waals surface area contributed by atoms with Crippen LogP contribution in [0.2, 0.25) is 0 Å². The van der Waals surface area contributed by atoms with E-state index >= 15 is 0 Å². The molecule has 0 aliphatic carbocycles. The number of carbonyl (C=O) groups is 2. The number of hydrogen-bond acceptors (Lipinski definition) is 6. The van der Waals surface area contributed by atoms with Gasteiger partial charge in [0.05, 0.1) is 11.7 Å². The zero-order chi connectivity index (χ0) is 13.1. The number of amides is 2. The summed E-state index contributed by atoms with van der Waals surface area (Å²) in [6.07, 6.45) is -0.919. The van der Waals surface area contributed by atoms with E-state index in [1.807, 2.05) is 4.90 Å². The number of carbonyl (C=O) groups excluding carboxylic acids is 1. The molecular weight excluding hydrogens is 258 g/mol. The molecule has 2 N–H and O–H groups in total. The van der Waals surface area contributed by atoms with Gasteiger partial charge in [0, 0.05) is 33.2 Å². The minimum atomic E-state index is -0.919. The summed E-state index contributed by atoms with van der Waals surface area (Å²) in [5.74, 6) is 0.254. The largest absolute Gasteiger partial charge is 0.465 e. The summed E-state index contributed by atoms with van der Waals surface area (Å²) in [4.78, 5) is 25.6. The summed E-state index contributed by atoms with van der Waals surface area (Å²) in [5, 5.41) is 11.4. The summed E-state index contributed by atoms with van der Waals surface area (Å²) in [6, 6.07) is 0. The molecule has 0 unspecified atom stereocenters. The monoisotopic (exact) mass is 271 g/mol. The van der Waals surface area contributed by atoms with Crippen LogP contribution in [0.1, 0.15) is 10.5 Å². The molecule has 0 bridgehead atoms. The number of anilines is 1. The van der Waals surface area contributed by atoms with Crippen LogP contribution >= 0.6 is 11.7 Å². The van der Waals surface area contributed by atoms with Gasteiger partial charge in [0.1, 0.15) is 0 Å². The van der Waals surface area contributed by atoms with Gasteiger partial charge in [-0.05, 0) is 0 Å². The van der Waals surface area contributed by atoms with E-state index in [4.69, 9.17) is 5.11 Å². The highest BCUT2D eigenvalue weighted by atomic mass is 32.1. The van der Waals surface area contributed by atoms with Gasteiger partial charge >= 0.3 is 6.09 Å². The van der Waals surface area contributed by atoms with Gasteiger partial charge in [-0.2, -0.15) is 8.75 Å². The van der Waals surface area contributed by atoms with Crippen molar-refractivity contribution >= 4 is 29.5 Å². The van der Waals surface area contributed by atoms with Crippen LogP contribution < -0.4 is 10.2 Å². The number of nitrogens with zero attached hydrogens (tertiary/aromatic N) is 4. The third kappa shape index (κ3) is 2.35. The van der Waals surface area contributed by atoms with Crippen molar-refractivity contribution in [3.63, 3.8) is 0 Å². The molecule has 2 amide bonds. The molecule has 18 heavy (non-hydrogen) atoms. The molecule has 9 heteroatoms. The number of piperazine rings is 1. The normalized spacial score (nSPS) is 15.6. The first-order valence-electron chi connectivity index (χ1n) is 5.41. The van der Waals surface area contributed by atoms with Crippen molar-refractivity contribution in [3.8, 4) is 0 Å². The number of hydrogen-bond donors (Lipinski definition) is 2. The molecule has 1 aromatic heterocycles. The Hall–Kier alpha value is -1.90. The summed E-state index contributed by atoms with van der Waals surface area (Å²) in [7, 11) is 1.54. The van der Waals surface area contributed by atoms with E-state index in [0.29, 0.717) is 37.7 Å². The van der Waals surface area contributed by atoms with Crippen LogP contribution in [0.3, 0.4) is 0 Å². The van der Waals surface area contributed by atoms with Gasteiger partial charge in [0.15, 0.2) is 11.5 Å². The molecule has 8 nitrogen and oxygen atoms in total. The standard InChI is InChI=1S/C9H13N5O3S/c1-10-8(15)6-7(12-18-11-6)13-2-4-14(5-3-13)9(16)17/h2-5H2,1H3,(H,10,15)(H,16,17). The Morgan fingerprint density at radius 2 is 1.94 bits per heavy atom. The Balaban J connectivity index is 2.08. The maximum Gasteiger partial charge on any atom is 0.407 e. The predicted octanol–water partition coefficient (Wildman–Crippen LogP) is -0.302. The van der Waals surface area contributed by atoms with Gasteiger partial charge in [-0.1, -0.05) is 0 Å². The lowest BCUT2D eigenvalue weighted by Crippen LogP contribution is -2.48. The van der Waals surface area contributed by atoms with E-state index in [9.17, 15) is 9.59 Å². The van der Waals surface area contributed by atoms with Crippen molar-refractivity contribution in [1.29, 1.82) is 0 Å². The minimum absolute atomic E-state index is 0.278. The maximum atomic E-state index is 11.6. The maximum absolute atomic E-state index is 11.6. The molecule has 0 saturated carbocycles. The third-order valence-electron chi connectivity index (χ3n) is 2.76. The summed E-state index contributed by atoms with van der Waals surface area (Å²) in [6.45, 7) is 1.84. The lowest BCUT2D eigenvalue weighted by atomic mass is 10.3. The molecule has 1 fully saturated rings. The lowest BCUT2D eigenvalue weighted by Gasteiger charge is -2.33. The molecule has 0 spiro atoms. The van der Waals surface area contributed by atoms with E-state index < -0.39 is 6.09 Å². The average molecular weight is 271 g/mol.